The van der Waals surface area contributed by atoms with Crippen molar-refractivity contribution >= 4 is 11.0 Å². The maximum Gasteiger partial charge on any atom is 0.202 e. The highest BCUT2D eigenvalue weighted by atomic mass is 16.7. The molecule has 8 unspecified atom stereocenters. The van der Waals surface area contributed by atoms with Gasteiger partial charge in [0.25, 0.3) is 0 Å². The lowest BCUT2D eigenvalue weighted by molar-refractivity contribution is -0.287. The number of hydrogen-bond acceptors (Lipinski definition) is 15. The van der Waals surface area contributed by atoms with Gasteiger partial charge in [-0.1, -0.05) is 0 Å². The fourth-order valence-electron chi connectivity index (χ4n) is 5.13. The topological polar surface area (TPSA) is 249 Å². The van der Waals surface area contributed by atoms with Crippen molar-refractivity contribution < 1.29 is 69.3 Å². The maximum atomic E-state index is 13.3. The Hall–Kier alpha value is -3.51. The number of ether oxygens (including phenoxy) is 4. The van der Waals surface area contributed by atoms with E-state index < -0.39 is 108 Å². The molecule has 0 aliphatic carbocycles. The van der Waals surface area contributed by atoms with Crippen LogP contribution >= 0.6 is 0 Å². The Morgan fingerprint density at radius 2 is 1.71 bits per heavy atom. The Morgan fingerprint density at radius 3 is 2.31 bits per heavy atom. The van der Waals surface area contributed by atoms with Gasteiger partial charge >= 0.3 is 0 Å². The Morgan fingerprint density at radius 1 is 1.02 bits per heavy atom. The smallest absolute Gasteiger partial charge is 0.202 e. The number of phenolic OH excluding ortho intramolecular Hbond substituents is 3. The number of aliphatic hydroxyl groups excluding tert-OH is 5. The minimum Gasteiger partial charge on any atom is -0.508 e. The van der Waals surface area contributed by atoms with Crippen molar-refractivity contribution in [3.63, 3.8) is 0 Å². The van der Waals surface area contributed by atoms with E-state index in [0.717, 1.165) is 13.2 Å². The lowest BCUT2D eigenvalue weighted by Crippen LogP contribution is -2.58. The second kappa shape index (κ2) is 11.3. The monoisotopic (exact) mass is 594 g/mol. The predicted octanol–water partition coefficient (Wildman–Crippen LogP) is -1.43. The van der Waals surface area contributed by atoms with Gasteiger partial charge in [-0.3, -0.25) is 4.79 Å². The highest BCUT2D eigenvalue weighted by molar-refractivity contribution is 5.93. The standard InChI is InChI=1S/C27H30O15/c1-38-21-16(18(33)15-12(31)6-13(40-22(15)20(21)35)10-2-4-11(30)5-3-10)23-24(19(34)17(32)14(7-28)41-23)42-26-25(36)27(37,8-29)9-39-26/h2-6,14,17,19,23-26,28-30,32-37H,7-9H2,1H3. The number of benzene rings is 2. The summed E-state index contributed by atoms with van der Waals surface area (Å²) in [5.41, 5.74) is -3.47. The molecule has 15 nitrogen and oxygen atoms in total. The largest absolute Gasteiger partial charge is 0.508 e. The molecule has 1 aromatic heterocycles. The van der Waals surface area contributed by atoms with Gasteiger partial charge in [-0.2, -0.15) is 0 Å². The third kappa shape index (κ3) is 4.84. The number of aromatic hydroxyl groups is 3. The molecule has 42 heavy (non-hydrogen) atoms. The summed E-state index contributed by atoms with van der Waals surface area (Å²) in [6, 6.07) is 6.65. The summed E-state index contributed by atoms with van der Waals surface area (Å²) in [5.74, 6) is -2.11. The average molecular weight is 595 g/mol. The van der Waals surface area contributed by atoms with Crippen LogP contribution < -0.4 is 10.2 Å². The van der Waals surface area contributed by atoms with Crippen molar-refractivity contribution in [3.8, 4) is 34.3 Å². The number of hydrogen-bond donors (Lipinski definition) is 9. The molecule has 2 fully saturated rings. The van der Waals surface area contributed by atoms with Crippen molar-refractivity contribution in [2.75, 3.05) is 26.9 Å². The van der Waals surface area contributed by atoms with Crippen molar-refractivity contribution in [2.24, 2.45) is 0 Å². The number of rotatable bonds is 7. The maximum absolute atomic E-state index is 13.3. The van der Waals surface area contributed by atoms with E-state index in [2.05, 4.69) is 0 Å². The van der Waals surface area contributed by atoms with E-state index in [-0.39, 0.29) is 11.5 Å². The molecular formula is C27H30O15. The summed E-state index contributed by atoms with van der Waals surface area (Å²) >= 11 is 0. The van der Waals surface area contributed by atoms with Gasteiger partial charge in [0.2, 0.25) is 5.75 Å². The van der Waals surface area contributed by atoms with Gasteiger partial charge in [-0.25, -0.2) is 0 Å². The van der Waals surface area contributed by atoms with Crippen LogP contribution in [0.25, 0.3) is 22.3 Å². The Bertz CT molecular complexity index is 1500. The normalized spacial score (nSPS) is 31.5. The van der Waals surface area contributed by atoms with E-state index in [9.17, 15) is 50.8 Å². The lowest BCUT2D eigenvalue weighted by atomic mass is 9.89. The molecule has 0 amide bonds. The molecular weight excluding hydrogens is 564 g/mol. The summed E-state index contributed by atoms with van der Waals surface area (Å²) in [7, 11) is 1.12. The van der Waals surface area contributed by atoms with Crippen LogP contribution in [0.5, 0.6) is 23.0 Å². The average Bonchev–Trinajstić information content (AvgIpc) is 3.26. The van der Waals surface area contributed by atoms with Crippen LogP contribution in [0.3, 0.4) is 0 Å². The SMILES string of the molecule is COc1c(C2OC(CO)C(O)C(O)C2OC2OCC(O)(CO)C2O)c(O)c2c(=O)cc(-c3ccc(O)cc3)oc2c1O. The highest BCUT2D eigenvalue weighted by Crippen LogP contribution is 2.51. The molecule has 0 saturated carbocycles. The Labute approximate surface area is 236 Å². The van der Waals surface area contributed by atoms with E-state index in [4.69, 9.17) is 23.4 Å². The summed E-state index contributed by atoms with van der Waals surface area (Å²) < 4.78 is 27.8. The van der Waals surface area contributed by atoms with Crippen LogP contribution in [-0.4, -0.2) is 115 Å². The third-order valence-electron chi connectivity index (χ3n) is 7.49. The molecule has 228 valence electrons. The molecule has 5 rings (SSSR count). The summed E-state index contributed by atoms with van der Waals surface area (Å²) in [5, 5.41) is 93.3. The second-order valence-corrected chi connectivity index (χ2v) is 10.1. The van der Waals surface area contributed by atoms with Gasteiger partial charge in [-0.15, -0.1) is 0 Å². The van der Waals surface area contributed by atoms with E-state index in [1.807, 2.05) is 0 Å². The zero-order valence-electron chi connectivity index (χ0n) is 22.0. The van der Waals surface area contributed by atoms with Crippen molar-refractivity contribution in [2.45, 2.75) is 48.5 Å². The van der Waals surface area contributed by atoms with Crippen LogP contribution in [-0.2, 0) is 14.2 Å². The Kier molecular flexibility index (Phi) is 8.06. The zero-order chi connectivity index (χ0) is 30.5. The fourth-order valence-corrected chi connectivity index (χ4v) is 5.13. The number of phenols is 3. The van der Waals surface area contributed by atoms with Crippen molar-refractivity contribution in [3.05, 3.63) is 46.1 Å². The Balaban J connectivity index is 1.66. The first kappa shape index (κ1) is 30.0. The molecule has 0 spiro atoms. The number of aliphatic hydroxyl groups is 6. The van der Waals surface area contributed by atoms with Crippen LogP contribution in [0, 0.1) is 0 Å². The van der Waals surface area contributed by atoms with E-state index >= 15 is 0 Å². The molecule has 2 aliphatic heterocycles. The molecule has 0 radical (unpaired) electrons. The van der Waals surface area contributed by atoms with E-state index in [1.54, 1.807) is 0 Å². The first-order valence-electron chi connectivity index (χ1n) is 12.8. The first-order valence-corrected chi connectivity index (χ1v) is 12.8. The van der Waals surface area contributed by atoms with Crippen LogP contribution in [0.1, 0.15) is 11.7 Å². The highest BCUT2D eigenvalue weighted by Gasteiger charge is 2.54. The summed E-state index contributed by atoms with van der Waals surface area (Å²) in [6.45, 7) is -2.26. The zero-order valence-corrected chi connectivity index (χ0v) is 22.0. The van der Waals surface area contributed by atoms with Crippen LogP contribution in [0.15, 0.2) is 39.5 Å². The van der Waals surface area contributed by atoms with Gasteiger partial charge < -0.3 is 69.3 Å². The number of methoxy groups -OCH3 is 1. The molecule has 2 aromatic carbocycles. The summed E-state index contributed by atoms with van der Waals surface area (Å²) in [4.78, 5) is 13.3. The minimum atomic E-state index is -2.11. The van der Waals surface area contributed by atoms with E-state index in [1.165, 1.54) is 24.3 Å². The molecule has 2 aliphatic rings. The van der Waals surface area contributed by atoms with Crippen LogP contribution in [0.4, 0.5) is 0 Å². The third-order valence-corrected chi connectivity index (χ3v) is 7.49. The molecule has 8 atom stereocenters. The van der Waals surface area contributed by atoms with Gasteiger partial charge in [-0.05, 0) is 24.3 Å². The summed E-state index contributed by atoms with van der Waals surface area (Å²) in [6.07, 6.45) is -12.0. The molecule has 2 saturated heterocycles. The lowest BCUT2D eigenvalue weighted by Gasteiger charge is -2.43. The van der Waals surface area contributed by atoms with Gasteiger partial charge in [0.15, 0.2) is 23.1 Å². The van der Waals surface area contributed by atoms with Gasteiger partial charge in [0.05, 0.1) is 32.5 Å². The minimum absolute atomic E-state index is 0.0187. The fraction of sp³-hybridized carbons (Fsp3) is 0.444. The van der Waals surface area contributed by atoms with Gasteiger partial charge in [0, 0.05) is 11.6 Å². The molecule has 0 bridgehead atoms. The number of fused-ring (bicyclic) bond motifs is 1. The van der Waals surface area contributed by atoms with Crippen LogP contribution in [0.2, 0.25) is 0 Å². The first-order chi connectivity index (χ1) is 19.9. The molecule has 3 aromatic rings. The molecule has 3 heterocycles. The van der Waals surface area contributed by atoms with E-state index in [0.29, 0.717) is 5.56 Å². The quantitative estimate of drug-likeness (QED) is 0.142. The molecule has 9 N–H and O–H groups in total. The molecule has 15 heteroatoms. The van der Waals surface area contributed by atoms with Crippen molar-refractivity contribution in [1.82, 2.24) is 0 Å². The van der Waals surface area contributed by atoms with Gasteiger partial charge in [0.1, 0.15) is 64.9 Å². The van der Waals surface area contributed by atoms with Crippen molar-refractivity contribution in [1.29, 1.82) is 0 Å². The second-order valence-electron chi connectivity index (χ2n) is 10.1. The predicted molar refractivity (Wildman–Crippen MR) is 139 cm³/mol.